The molecule has 2 aromatic carbocycles. The Morgan fingerprint density at radius 2 is 1.65 bits per heavy atom. The number of hydrogen-bond acceptors (Lipinski definition) is 6. The molecule has 0 aliphatic carbocycles. The molecule has 2 amide bonds. The number of nitrogens with two attached hydrogens (primary N) is 1. The number of carbonyl (C=O) groups is 2. The van der Waals surface area contributed by atoms with E-state index in [1.165, 1.54) is 24.4 Å². The van der Waals surface area contributed by atoms with Crippen LogP contribution >= 0.6 is 0 Å². The quantitative estimate of drug-likeness (QED) is 0.193. The number of hydrogen-bond donors (Lipinski definition) is 2. The van der Waals surface area contributed by atoms with E-state index in [0.29, 0.717) is 11.6 Å². The van der Waals surface area contributed by atoms with E-state index in [1.807, 2.05) is 0 Å². The van der Waals surface area contributed by atoms with Crippen LogP contribution in [0.2, 0.25) is 0 Å². The van der Waals surface area contributed by atoms with Gasteiger partial charge in [-0.05, 0) is 75.6 Å². The average molecular weight is 673 g/mol. The number of nitrogens with zero attached hydrogens (tertiary/aromatic N) is 3. The molecule has 9 nitrogen and oxygen atoms in total. The monoisotopic (exact) mass is 673 g/mol. The van der Waals surface area contributed by atoms with E-state index >= 15 is 0 Å². The van der Waals surface area contributed by atoms with Crippen molar-refractivity contribution in [2.45, 2.75) is 64.1 Å². The summed E-state index contributed by atoms with van der Waals surface area (Å²) in [4.78, 5) is 29.6. The van der Waals surface area contributed by atoms with Crippen LogP contribution in [-0.4, -0.2) is 44.9 Å². The molecule has 5 rings (SSSR count). The predicted octanol–water partition coefficient (Wildman–Crippen LogP) is 4.88. The second kappa shape index (κ2) is 12.7. The number of amides is 2. The van der Waals surface area contributed by atoms with Crippen molar-refractivity contribution in [2.24, 2.45) is 5.73 Å². The fourth-order valence-corrected chi connectivity index (χ4v) is 5.27. The van der Waals surface area contributed by atoms with Gasteiger partial charge in [-0.1, -0.05) is 12.1 Å². The Morgan fingerprint density at radius 3 is 2.25 bits per heavy atom. The topological polar surface area (TPSA) is 121 Å². The molecule has 0 bridgehead atoms. The zero-order valence-corrected chi connectivity index (χ0v) is 26.2. The van der Waals surface area contributed by atoms with Crippen molar-refractivity contribution < 1.29 is 45.2 Å². The Kier molecular flexibility index (Phi) is 9.18. The molecule has 3 heterocycles. The first-order valence-electron chi connectivity index (χ1n) is 14.6. The summed E-state index contributed by atoms with van der Waals surface area (Å²) in [5.41, 5.74) is 2.14. The van der Waals surface area contributed by atoms with Crippen LogP contribution in [0.15, 0.2) is 60.9 Å². The summed E-state index contributed by atoms with van der Waals surface area (Å²) in [5.74, 6) is -4.49. The van der Waals surface area contributed by atoms with E-state index in [-0.39, 0.29) is 23.2 Å². The van der Waals surface area contributed by atoms with E-state index in [1.54, 1.807) is 33.8 Å². The molecule has 0 unspecified atom stereocenters. The smallest absolute Gasteiger partial charge is 0.399 e. The fraction of sp³-hybridized carbons (Fsp3) is 0.312. The highest BCUT2D eigenvalue weighted by molar-refractivity contribution is 6.62. The van der Waals surface area contributed by atoms with Gasteiger partial charge in [-0.3, -0.25) is 19.3 Å². The molecule has 4 aromatic rings. The zero-order chi connectivity index (χ0) is 35.2. The Labute approximate surface area is 271 Å². The second-order valence-corrected chi connectivity index (χ2v) is 12.3. The van der Waals surface area contributed by atoms with Crippen molar-refractivity contribution in [3.8, 4) is 11.1 Å². The Bertz CT molecular complexity index is 1840. The Hall–Kier alpha value is -4.70. The van der Waals surface area contributed by atoms with Gasteiger partial charge in [-0.15, -0.1) is 0 Å². The number of rotatable bonds is 9. The van der Waals surface area contributed by atoms with Crippen molar-refractivity contribution in [2.75, 3.05) is 0 Å². The molecule has 0 saturated carbocycles. The number of halogens is 6. The van der Waals surface area contributed by atoms with Crippen LogP contribution in [0.3, 0.4) is 0 Å². The number of carbonyl (C=O) groups excluding carboxylic acids is 2. The summed E-state index contributed by atoms with van der Waals surface area (Å²) in [6, 6.07) is 8.30. The van der Waals surface area contributed by atoms with Crippen LogP contribution in [0.25, 0.3) is 11.1 Å². The van der Waals surface area contributed by atoms with Gasteiger partial charge < -0.3 is 20.4 Å². The molecular formula is C32H30BF6N5O4. The molecule has 16 heteroatoms. The maximum atomic E-state index is 14.3. The van der Waals surface area contributed by atoms with Crippen molar-refractivity contribution in [1.82, 2.24) is 20.1 Å². The summed E-state index contributed by atoms with van der Waals surface area (Å²) < 4.78 is 97.2. The molecule has 1 aliphatic heterocycles. The molecule has 1 aliphatic rings. The van der Waals surface area contributed by atoms with Gasteiger partial charge in [0.2, 0.25) is 5.91 Å². The maximum absolute atomic E-state index is 14.3. The normalized spacial score (nSPS) is 16.2. The third kappa shape index (κ3) is 7.23. The van der Waals surface area contributed by atoms with E-state index < -0.39 is 83.1 Å². The average Bonchev–Trinajstić information content (AvgIpc) is 3.49. The van der Waals surface area contributed by atoms with Gasteiger partial charge in [-0.25, -0.2) is 13.2 Å². The summed E-state index contributed by atoms with van der Waals surface area (Å²) in [5, 5.41) is 6.30. The van der Waals surface area contributed by atoms with Gasteiger partial charge >= 0.3 is 13.3 Å². The van der Waals surface area contributed by atoms with Crippen LogP contribution in [0, 0.1) is 17.5 Å². The van der Waals surface area contributed by atoms with Crippen molar-refractivity contribution in [3.63, 3.8) is 0 Å². The minimum absolute atomic E-state index is 0.118. The lowest BCUT2D eigenvalue weighted by Crippen LogP contribution is -2.41. The molecule has 1 saturated heterocycles. The number of nitrogens with one attached hydrogen (secondary N) is 1. The van der Waals surface area contributed by atoms with Gasteiger partial charge in [0.05, 0.1) is 28.5 Å². The standard InChI is InChI=1S/C32H30BF6N5O4/c1-30(2)31(3,4)48-33(47-30)23-15-44(43-28(23)32(37,38)39)16-26(45)42-25(12-17-10-19(34)14-20(35)11-17)27-21(6-5-9-41-27)18-7-8-24(36)22(13-18)29(40)46/h5-11,13-15,25H,12,16H2,1-4H3,(H2,40,46)(H,42,45)/t25-/m0/s1. The summed E-state index contributed by atoms with van der Waals surface area (Å²) in [6.45, 7) is 6.00. The highest BCUT2D eigenvalue weighted by Gasteiger charge is 2.54. The number of benzene rings is 2. The minimum atomic E-state index is -4.91. The van der Waals surface area contributed by atoms with Gasteiger partial charge in [0.25, 0.3) is 5.91 Å². The lowest BCUT2D eigenvalue weighted by atomic mass is 9.79. The Balaban J connectivity index is 1.50. The molecule has 252 valence electrons. The van der Waals surface area contributed by atoms with E-state index in [0.717, 1.165) is 29.1 Å². The number of aromatic nitrogens is 3. The van der Waals surface area contributed by atoms with Crippen LogP contribution in [0.5, 0.6) is 0 Å². The molecular weight excluding hydrogens is 643 g/mol. The lowest BCUT2D eigenvalue weighted by molar-refractivity contribution is -0.141. The van der Waals surface area contributed by atoms with Gasteiger partial charge in [0, 0.05) is 29.5 Å². The van der Waals surface area contributed by atoms with Crippen LogP contribution < -0.4 is 16.5 Å². The number of primary amides is 1. The maximum Gasteiger partial charge on any atom is 0.498 e. The minimum Gasteiger partial charge on any atom is -0.399 e. The summed E-state index contributed by atoms with van der Waals surface area (Å²) in [7, 11) is -1.42. The molecule has 0 spiro atoms. The number of pyridine rings is 1. The number of alkyl halides is 3. The van der Waals surface area contributed by atoms with Crippen molar-refractivity contribution in [1.29, 1.82) is 0 Å². The first-order valence-corrected chi connectivity index (χ1v) is 14.6. The van der Waals surface area contributed by atoms with E-state index in [4.69, 9.17) is 15.0 Å². The van der Waals surface area contributed by atoms with Crippen molar-refractivity contribution in [3.05, 3.63) is 101 Å². The molecule has 0 radical (unpaired) electrons. The third-order valence-electron chi connectivity index (χ3n) is 8.28. The molecule has 1 fully saturated rings. The predicted molar refractivity (Wildman–Crippen MR) is 162 cm³/mol. The van der Waals surface area contributed by atoms with Crippen LogP contribution in [0.1, 0.15) is 61.0 Å². The second-order valence-electron chi connectivity index (χ2n) is 12.3. The van der Waals surface area contributed by atoms with E-state index in [9.17, 15) is 35.9 Å². The Morgan fingerprint density at radius 1 is 1.00 bits per heavy atom. The molecule has 48 heavy (non-hydrogen) atoms. The molecule has 2 aromatic heterocycles. The summed E-state index contributed by atoms with van der Waals surface area (Å²) >= 11 is 0. The molecule has 1 atom stereocenters. The van der Waals surface area contributed by atoms with Crippen molar-refractivity contribution >= 4 is 24.4 Å². The zero-order valence-electron chi connectivity index (χ0n) is 26.2. The largest absolute Gasteiger partial charge is 0.498 e. The van der Waals surface area contributed by atoms with Crippen LogP contribution in [-0.2, 0) is 33.2 Å². The highest BCUT2D eigenvalue weighted by Crippen LogP contribution is 2.38. The van der Waals surface area contributed by atoms with E-state index in [2.05, 4.69) is 15.4 Å². The first-order chi connectivity index (χ1) is 22.3. The third-order valence-corrected chi connectivity index (χ3v) is 8.28. The highest BCUT2D eigenvalue weighted by atomic mass is 19.4. The van der Waals surface area contributed by atoms with Gasteiger partial charge in [0.1, 0.15) is 24.0 Å². The SMILES string of the molecule is CC1(C)OB(c2cn(CC(=O)N[C@@H](Cc3cc(F)cc(F)c3)c3ncccc3-c3ccc(F)c(C(N)=O)c3)nc2C(F)(F)F)OC1(C)C. The molecule has 3 N–H and O–H groups in total. The fourth-order valence-electron chi connectivity index (χ4n) is 5.27. The first kappa shape index (κ1) is 34.6. The van der Waals surface area contributed by atoms with Crippen LogP contribution in [0.4, 0.5) is 26.3 Å². The summed E-state index contributed by atoms with van der Waals surface area (Å²) in [6.07, 6.45) is -2.74. The van der Waals surface area contributed by atoms with Gasteiger partial charge in [-0.2, -0.15) is 18.3 Å². The van der Waals surface area contributed by atoms with Gasteiger partial charge in [0.15, 0.2) is 5.69 Å². The lowest BCUT2D eigenvalue weighted by Gasteiger charge is -2.32.